The van der Waals surface area contributed by atoms with Crippen LogP contribution in [0.5, 0.6) is 0 Å². The van der Waals surface area contributed by atoms with Crippen LogP contribution in [0.1, 0.15) is 5.56 Å². The molecule has 0 amide bonds. The molecule has 84 valence electrons. The van der Waals surface area contributed by atoms with E-state index in [4.69, 9.17) is 28.9 Å². The molecule has 3 nitrogen and oxygen atoms in total. The highest BCUT2D eigenvalue weighted by Crippen LogP contribution is 2.21. The highest BCUT2D eigenvalue weighted by Gasteiger charge is 2.03. The van der Waals surface area contributed by atoms with Gasteiger partial charge in [-0.15, -0.1) is 0 Å². The van der Waals surface area contributed by atoms with Gasteiger partial charge in [-0.25, -0.2) is 4.68 Å². The minimum absolute atomic E-state index is 0.596. The highest BCUT2D eigenvalue weighted by atomic mass is 35.5. The third-order valence-electron chi connectivity index (χ3n) is 2.18. The summed E-state index contributed by atoms with van der Waals surface area (Å²) in [6.45, 7) is 0.613. The molecule has 0 fully saturated rings. The number of hydrogen-bond acceptors (Lipinski definition) is 2. The summed E-state index contributed by atoms with van der Waals surface area (Å²) in [5.41, 5.74) is 7.42. The second kappa shape index (κ2) is 4.87. The summed E-state index contributed by atoms with van der Waals surface area (Å²) in [6.07, 6.45) is 4.53. The Morgan fingerprint density at radius 2 is 1.88 bits per heavy atom. The van der Waals surface area contributed by atoms with Gasteiger partial charge in [-0.3, -0.25) is 0 Å². The van der Waals surface area contributed by atoms with Crippen LogP contribution in [-0.2, 0) is 6.42 Å². The SMILES string of the molecule is NCCc1cnn(-c2cc(Cl)cc(Cl)c2)c1. The molecule has 0 saturated carbocycles. The zero-order valence-electron chi connectivity index (χ0n) is 8.53. The zero-order valence-corrected chi connectivity index (χ0v) is 10.0. The molecule has 1 aromatic heterocycles. The van der Waals surface area contributed by atoms with Gasteiger partial charge in [0.15, 0.2) is 0 Å². The molecule has 0 unspecified atom stereocenters. The third kappa shape index (κ3) is 2.55. The Morgan fingerprint density at radius 3 is 2.50 bits per heavy atom. The van der Waals surface area contributed by atoms with Crippen molar-refractivity contribution in [2.75, 3.05) is 6.54 Å². The first-order valence-electron chi connectivity index (χ1n) is 4.89. The standard InChI is InChI=1S/C11H11Cl2N3/c12-9-3-10(13)5-11(4-9)16-7-8(1-2-14)6-15-16/h3-7H,1-2,14H2. The summed E-state index contributed by atoms with van der Waals surface area (Å²) in [7, 11) is 0. The van der Waals surface area contributed by atoms with Crippen molar-refractivity contribution in [1.82, 2.24) is 9.78 Å². The van der Waals surface area contributed by atoms with E-state index in [1.165, 1.54) is 0 Å². The van der Waals surface area contributed by atoms with Crippen molar-refractivity contribution in [2.24, 2.45) is 5.73 Å². The lowest BCUT2D eigenvalue weighted by Gasteiger charge is -2.02. The van der Waals surface area contributed by atoms with Gasteiger partial charge in [0, 0.05) is 16.2 Å². The lowest BCUT2D eigenvalue weighted by Crippen LogP contribution is -2.01. The van der Waals surface area contributed by atoms with Crippen LogP contribution in [0.15, 0.2) is 30.6 Å². The fourth-order valence-corrected chi connectivity index (χ4v) is 1.98. The lowest BCUT2D eigenvalue weighted by atomic mass is 10.2. The van der Waals surface area contributed by atoms with E-state index in [1.54, 1.807) is 16.9 Å². The Morgan fingerprint density at radius 1 is 1.19 bits per heavy atom. The molecule has 0 aliphatic carbocycles. The molecule has 1 heterocycles. The number of hydrogen-bond donors (Lipinski definition) is 1. The number of aromatic nitrogens is 2. The van der Waals surface area contributed by atoms with E-state index < -0.39 is 0 Å². The first kappa shape index (κ1) is 11.5. The van der Waals surface area contributed by atoms with Crippen molar-refractivity contribution >= 4 is 23.2 Å². The summed E-state index contributed by atoms with van der Waals surface area (Å²) in [6, 6.07) is 5.32. The van der Waals surface area contributed by atoms with Gasteiger partial charge in [0.05, 0.1) is 11.9 Å². The molecule has 2 N–H and O–H groups in total. The maximum Gasteiger partial charge on any atom is 0.0675 e. The van der Waals surface area contributed by atoms with Crippen LogP contribution in [0.25, 0.3) is 5.69 Å². The number of nitrogens with zero attached hydrogens (tertiary/aromatic N) is 2. The molecule has 0 spiro atoms. The van der Waals surface area contributed by atoms with Gasteiger partial charge < -0.3 is 5.73 Å². The van der Waals surface area contributed by atoms with Crippen LogP contribution in [0.4, 0.5) is 0 Å². The van der Waals surface area contributed by atoms with Gasteiger partial charge in [0.1, 0.15) is 0 Å². The Bertz CT molecular complexity index is 473. The van der Waals surface area contributed by atoms with E-state index >= 15 is 0 Å². The van der Waals surface area contributed by atoms with Gasteiger partial charge >= 0.3 is 0 Å². The first-order chi connectivity index (χ1) is 7.69. The molecule has 2 aromatic rings. The van der Waals surface area contributed by atoms with Crippen molar-refractivity contribution in [3.63, 3.8) is 0 Å². The number of halogens is 2. The van der Waals surface area contributed by atoms with Gasteiger partial charge in [-0.05, 0) is 36.7 Å². The Balaban J connectivity index is 2.34. The van der Waals surface area contributed by atoms with Crippen molar-refractivity contribution in [3.8, 4) is 5.69 Å². The molecule has 5 heteroatoms. The lowest BCUT2D eigenvalue weighted by molar-refractivity contribution is 0.879. The predicted molar refractivity (Wildman–Crippen MR) is 66.3 cm³/mol. The molecule has 0 bridgehead atoms. The quantitative estimate of drug-likeness (QED) is 0.917. The molecular weight excluding hydrogens is 245 g/mol. The van der Waals surface area contributed by atoms with E-state index in [2.05, 4.69) is 5.10 Å². The number of nitrogens with two attached hydrogens (primary N) is 1. The molecule has 16 heavy (non-hydrogen) atoms. The minimum Gasteiger partial charge on any atom is -0.330 e. The van der Waals surface area contributed by atoms with Crippen molar-refractivity contribution in [3.05, 3.63) is 46.2 Å². The van der Waals surface area contributed by atoms with E-state index in [-0.39, 0.29) is 0 Å². The van der Waals surface area contributed by atoms with Crippen LogP contribution < -0.4 is 5.73 Å². The summed E-state index contributed by atoms with van der Waals surface area (Å²) >= 11 is 11.8. The van der Waals surface area contributed by atoms with Gasteiger partial charge in [-0.1, -0.05) is 23.2 Å². The smallest absolute Gasteiger partial charge is 0.0675 e. The average molecular weight is 256 g/mol. The van der Waals surface area contributed by atoms with Crippen LogP contribution in [0.2, 0.25) is 10.0 Å². The van der Waals surface area contributed by atoms with Crippen molar-refractivity contribution < 1.29 is 0 Å². The van der Waals surface area contributed by atoms with E-state index in [9.17, 15) is 0 Å². The minimum atomic E-state index is 0.596. The van der Waals surface area contributed by atoms with E-state index in [0.717, 1.165) is 17.7 Å². The fraction of sp³-hybridized carbons (Fsp3) is 0.182. The van der Waals surface area contributed by atoms with Crippen LogP contribution in [0, 0.1) is 0 Å². The Kier molecular flexibility index (Phi) is 3.49. The summed E-state index contributed by atoms with van der Waals surface area (Å²) in [5, 5.41) is 5.42. The number of benzene rings is 1. The van der Waals surface area contributed by atoms with Gasteiger partial charge in [0.2, 0.25) is 0 Å². The van der Waals surface area contributed by atoms with Gasteiger partial charge in [0.25, 0.3) is 0 Å². The summed E-state index contributed by atoms with van der Waals surface area (Å²) in [5.74, 6) is 0. The van der Waals surface area contributed by atoms with Crippen molar-refractivity contribution in [1.29, 1.82) is 0 Å². The topological polar surface area (TPSA) is 43.8 Å². The molecule has 0 atom stereocenters. The maximum absolute atomic E-state index is 5.92. The number of rotatable bonds is 3. The highest BCUT2D eigenvalue weighted by molar-refractivity contribution is 6.34. The molecular formula is C11H11Cl2N3. The zero-order chi connectivity index (χ0) is 11.5. The van der Waals surface area contributed by atoms with E-state index in [1.807, 2.05) is 18.3 Å². The normalized spacial score (nSPS) is 10.7. The predicted octanol–water partition coefficient (Wildman–Crippen LogP) is 2.68. The Labute approximate surface area is 104 Å². The molecule has 2 rings (SSSR count). The van der Waals surface area contributed by atoms with Crippen LogP contribution in [0.3, 0.4) is 0 Å². The maximum atomic E-state index is 5.92. The molecule has 1 aromatic carbocycles. The summed E-state index contributed by atoms with van der Waals surface area (Å²) < 4.78 is 1.74. The molecule has 0 aliphatic heterocycles. The average Bonchev–Trinajstić information content (AvgIpc) is 2.65. The molecule has 0 radical (unpaired) electrons. The molecule has 0 saturated heterocycles. The largest absolute Gasteiger partial charge is 0.330 e. The van der Waals surface area contributed by atoms with Crippen LogP contribution >= 0.6 is 23.2 Å². The van der Waals surface area contributed by atoms with Crippen LogP contribution in [-0.4, -0.2) is 16.3 Å². The third-order valence-corrected chi connectivity index (χ3v) is 2.62. The second-order valence-corrected chi connectivity index (χ2v) is 4.33. The van der Waals surface area contributed by atoms with Crippen molar-refractivity contribution in [2.45, 2.75) is 6.42 Å². The first-order valence-corrected chi connectivity index (χ1v) is 5.65. The Hall–Kier alpha value is -1.03. The second-order valence-electron chi connectivity index (χ2n) is 3.46. The monoisotopic (exact) mass is 255 g/mol. The summed E-state index contributed by atoms with van der Waals surface area (Å²) in [4.78, 5) is 0. The van der Waals surface area contributed by atoms with E-state index in [0.29, 0.717) is 16.6 Å². The fourth-order valence-electron chi connectivity index (χ4n) is 1.47. The van der Waals surface area contributed by atoms with Gasteiger partial charge in [-0.2, -0.15) is 5.10 Å². The molecule has 0 aliphatic rings.